The second-order valence-electron chi connectivity index (χ2n) is 4.64. The van der Waals surface area contributed by atoms with Gasteiger partial charge in [0.25, 0.3) is 0 Å². The van der Waals surface area contributed by atoms with Crippen molar-refractivity contribution in [3.05, 3.63) is 0 Å². The van der Waals surface area contributed by atoms with Gasteiger partial charge in [0, 0.05) is 19.2 Å². The maximum Gasteiger partial charge on any atom is 0.237 e. The maximum atomic E-state index is 11.6. The lowest BCUT2D eigenvalue weighted by Crippen LogP contribution is -2.44. The lowest BCUT2D eigenvalue weighted by atomic mass is 10.1. The highest BCUT2D eigenvalue weighted by Gasteiger charge is 2.26. The number of nitrogens with one attached hydrogen (secondary N) is 2. The van der Waals surface area contributed by atoms with E-state index in [1.807, 2.05) is 6.92 Å². The molecule has 0 aromatic rings. The molecular weight excluding hydrogens is 192 g/mol. The minimum Gasteiger partial charge on any atom is -0.381 e. The molecule has 0 aromatic heterocycles. The molecule has 2 atom stereocenters. The van der Waals surface area contributed by atoms with Gasteiger partial charge in [0.05, 0.1) is 12.6 Å². The summed E-state index contributed by atoms with van der Waals surface area (Å²) < 4.78 is 5.28. The predicted octanol–water partition coefficient (Wildman–Crippen LogP) is 0.280. The van der Waals surface area contributed by atoms with Gasteiger partial charge in [-0.3, -0.25) is 4.79 Å². The molecule has 15 heavy (non-hydrogen) atoms. The molecule has 4 nitrogen and oxygen atoms in total. The highest BCUT2D eigenvalue weighted by atomic mass is 16.5. The van der Waals surface area contributed by atoms with Crippen LogP contribution in [0.1, 0.15) is 26.2 Å². The van der Waals surface area contributed by atoms with Crippen molar-refractivity contribution in [3.8, 4) is 0 Å². The number of amides is 1. The Balaban J connectivity index is 1.61. The van der Waals surface area contributed by atoms with E-state index in [0.29, 0.717) is 12.0 Å². The van der Waals surface area contributed by atoms with E-state index < -0.39 is 0 Å². The van der Waals surface area contributed by atoms with E-state index in [2.05, 4.69) is 10.6 Å². The first kappa shape index (κ1) is 10.9. The zero-order valence-corrected chi connectivity index (χ0v) is 9.29. The maximum absolute atomic E-state index is 11.6. The summed E-state index contributed by atoms with van der Waals surface area (Å²) in [4.78, 5) is 11.6. The Morgan fingerprint density at radius 3 is 2.87 bits per heavy atom. The first-order chi connectivity index (χ1) is 7.25. The van der Waals surface area contributed by atoms with Gasteiger partial charge in [0.15, 0.2) is 0 Å². The van der Waals surface area contributed by atoms with Crippen molar-refractivity contribution in [1.82, 2.24) is 10.6 Å². The van der Waals surface area contributed by atoms with Crippen LogP contribution in [0.15, 0.2) is 0 Å². The fourth-order valence-electron chi connectivity index (χ4n) is 1.73. The van der Waals surface area contributed by atoms with E-state index in [1.165, 1.54) is 0 Å². The Morgan fingerprint density at radius 1 is 1.47 bits per heavy atom. The molecule has 0 aromatic carbocycles. The Labute approximate surface area is 90.8 Å². The van der Waals surface area contributed by atoms with E-state index in [-0.39, 0.29) is 11.9 Å². The standard InChI is InChI=1S/C11H20N2O2/c1-8(11(14)13-10-2-3-10)12-6-9-4-5-15-7-9/h8-10,12H,2-7H2,1H3,(H,13,14). The van der Waals surface area contributed by atoms with Crippen molar-refractivity contribution < 1.29 is 9.53 Å². The number of rotatable bonds is 5. The van der Waals surface area contributed by atoms with Crippen molar-refractivity contribution in [2.75, 3.05) is 19.8 Å². The minimum atomic E-state index is -0.0776. The van der Waals surface area contributed by atoms with Crippen LogP contribution < -0.4 is 10.6 Å². The van der Waals surface area contributed by atoms with Crippen LogP contribution >= 0.6 is 0 Å². The Bertz CT molecular complexity index is 223. The number of carbonyl (C=O) groups excluding carboxylic acids is 1. The fraction of sp³-hybridized carbons (Fsp3) is 0.909. The third kappa shape index (κ3) is 3.47. The van der Waals surface area contributed by atoms with Gasteiger partial charge in [-0.15, -0.1) is 0 Å². The molecule has 0 spiro atoms. The van der Waals surface area contributed by atoms with Crippen LogP contribution in [0.25, 0.3) is 0 Å². The van der Waals surface area contributed by atoms with Crippen molar-refractivity contribution in [2.24, 2.45) is 5.92 Å². The monoisotopic (exact) mass is 212 g/mol. The van der Waals surface area contributed by atoms with Crippen molar-refractivity contribution in [2.45, 2.75) is 38.3 Å². The van der Waals surface area contributed by atoms with E-state index in [9.17, 15) is 4.79 Å². The van der Waals surface area contributed by atoms with Gasteiger partial charge in [0.1, 0.15) is 0 Å². The first-order valence-corrected chi connectivity index (χ1v) is 5.87. The molecule has 86 valence electrons. The molecule has 0 radical (unpaired) electrons. The molecule has 0 bridgehead atoms. The van der Waals surface area contributed by atoms with Crippen LogP contribution in [-0.2, 0) is 9.53 Å². The summed E-state index contributed by atoms with van der Waals surface area (Å²) in [6, 6.07) is 0.378. The summed E-state index contributed by atoms with van der Waals surface area (Å²) in [6.45, 7) is 4.52. The molecule has 4 heteroatoms. The quantitative estimate of drug-likeness (QED) is 0.688. The van der Waals surface area contributed by atoms with Crippen LogP contribution in [0.2, 0.25) is 0 Å². The second kappa shape index (κ2) is 4.94. The molecule has 1 saturated heterocycles. The molecule has 2 fully saturated rings. The van der Waals surface area contributed by atoms with E-state index in [0.717, 1.165) is 39.0 Å². The summed E-state index contributed by atoms with van der Waals surface area (Å²) >= 11 is 0. The normalized spacial score (nSPS) is 27.7. The van der Waals surface area contributed by atoms with Gasteiger partial charge in [-0.05, 0) is 32.1 Å². The summed E-state index contributed by atoms with van der Waals surface area (Å²) in [6.07, 6.45) is 3.41. The molecule has 2 rings (SSSR count). The van der Waals surface area contributed by atoms with Gasteiger partial charge < -0.3 is 15.4 Å². The van der Waals surface area contributed by atoms with Crippen LogP contribution in [0.3, 0.4) is 0 Å². The first-order valence-electron chi connectivity index (χ1n) is 5.87. The molecule has 1 aliphatic carbocycles. The molecule has 2 unspecified atom stereocenters. The number of hydrogen-bond acceptors (Lipinski definition) is 3. The fourth-order valence-corrected chi connectivity index (χ4v) is 1.73. The van der Waals surface area contributed by atoms with Crippen LogP contribution in [-0.4, -0.2) is 37.7 Å². The lowest BCUT2D eigenvalue weighted by Gasteiger charge is -2.15. The number of ether oxygens (including phenoxy) is 1. The van der Waals surface area contributed by atoms with Gasteiger partial charge >= 0.3 is 0 Å². The molecule has 2 aliphatic rings. The van der Waals surface area contributed by atoms with Crippen LogP contribution in [0.5, 0.6) is 0 Å². The Hall–Kier alpha value is -0.610. The minimum absolute atomic E-state index is 0.0776. The topological polar surface area (TPSA) is 50.4 Å². The smallest absolute Gasteiger partial charge is 0.237 e. The largest absolute Gasteiger partial charge is 0.381 e. The van der Waals surface area contributed by atoms with E-state index in [1.54, 1.807) is 0 Å². The SMILES string of the molecule is CC(NCC1CCOC1)C(=O)NC1CC1. The zero-order chi connectivity index (χ0) is 10.7. The van der Waals surface area contributed by atoms with Gasteiger partial charge in [-0.25, -0.2) is 0 Å². The predicted molar refractivity (Wildman–Crippen MR) is 57.6 cm³/mol. The van der Waals surface area contributed by atoms with Gasteiger partial charge in [-0.1, -0.05) is 0 Å². The van der Waals surface area contributed by atoms with Crippen LogP contribution in [0.4, 0.5) is 0 Å². The average molecular weight is 212 g/mol. The Morgan fingerprint density at radius 2 is 2.27 bits per heavy atom. The van der Waals surface area contributed by atoms with Crippen molar-refractivity contribution in [1.29, 1.82) is 0 Å². The molecular formula is C11H20N2O2. The molecule has 1 amide bonds. The van der Waals surface area contributed by atoms with Gasteiger partial charge in [-0.2, -0.15) is 0 Å². The van der Waals surface area contributed by atoms with E-state index >= 15 is 0 Å². The molecule has 1 heterocycles. The van der Waals surface area contributed by atoms with Gasteiger partial charge in [0.2, 0.25) is 5.91 Å². The summed E-state index contributed by atoms with van der Waals surface area (Å²) in [5, 5.41) is 6.26. The summed E-state index contributed by atoms with van der Waals surface area (Å²) in [5.41, 5.74) is 0. The number of hydrogen-bond donors (Lipinski definition) is 2. The number of carbonyl (C=O) groups is 1. The highest BCUT2D eigenvalue weighted by molar-refractivity contribution is 5.81. The Kier molecular flexibility index (Phi) is 3.59. The zero-order valence-electron chi connectivity index (χ0n) is 9.29. The lowest BCUT2D eigenvalue weighted by molar-refractivity contribution is -0.122. The van der Waals surface area contributed by atoms with Crippen LogP contribution in [0, 0.1) is 5.92 Å². The molecule has 1 aliphatic heterocycles. The summed E-state index contributed by atoms with van der Waals surface area (Å²) in [5.74, 6) is 0.720. The average Bonchev–Trinajstić information content (AvgIpc) is 2.88. The van der Waals surface area contributed by atoms with E-state index in [4.69, 9.17) is 4.74 Å². The van der Waals surface area contributed by atoms with Crippen molar-refractivity contribution >= 4 is 5.91 Å². The molecule has 1 saturated carbocycles. The second-order valence-corrected chi connectivity index (χ2v) is 4.64. The third-order valence-electron chi connectivity index (χ3n) is 3.05. The molecule has 2 N–H and O–H groups in total. The van der Waals surface area contributed by atoms with Crippen molar-refractivity contribution in [3.63, 3.8) is 0 Å². The highest BCUT2D eigenvalue weighted by Crippen LogP contribution is 2.18. The summed E-state index contributed by atoms with van der Waals surface area (Å²) in [7, 11) is 0. The third-order valence-corrected chi connectivity index (χ3v) is 3.05.